The summed E-state index contributed by atoms with van der Waals surface area (Å²) in [7, 11) is 1.61. The number of fused-ring (bicyclic) bond motifs is 1. The zero-order valence-electron chi connectivity index (χ0n) is 14.9. The van der Waals surface area contributed by atoms with Crippen molar-refractivity contribution in [2.45, 2.75) is 38.6 Å². The third kappa shape index (κ3) is 2.71. The largest absolute Gasteiger partial charge is 0.493 e. The van der Waals surface area contributed by atoms with E-state index in [1.807, 2.05) is 18.2 Å². The highest BCUT2D eigenvalue weighted by Gasteiger charge is 2.36. The molecule has 0 saturated heterocycles. The summed E-state index contributed by atoms with van der Waals surface area (Å²) in [5, 5.41) is 15.1. The number of tetrazole rings is 1. The molecule has 1 aliphatic heterocycles. The smallest absolute Gasteiger partial charge is 0.248 e. The quantitative estimate of drug-likeness (QED) is 0.881. The predicted molar refractivity (Wildman–Crippen MR) is 94.2 cm³/mol. The van der Waals surface area contributed by atoms with Gasteiger partial charge in [0.1, 0.15) is 6.04 Å². The van der Waals surface area contributed by atoms with E-state index in [0.29, 0.717) is 30.5 Å². The first-order valence-corrected chi connectivity index (χ1v) is 8.84. The van der Waals surface area contributed by atoms with E-state index in [0.717, 1.165) is 36.1 Å². The van der Waals surface area contributed by atoms with E-state index < -0.39 is 0 Å². The molecule has 1 unspecified atom stereocenters. The van der Waals surface area contributed by atoms with Gasteiger partial charge in [0.25, 0.3) is 0 Å². The van der Waals surface area contributed by atoms with Crippen LogP contribution in [0.3, 0.4) is 0 Å². The number of ether oxygens (including phenoxy) is 2. The monoisotopic (exact) mass is 355 g/mol. The van der Waals surface area contributed by atoms with E-state index in [-0.39, 0.29) is 11.8 Å². The van der Waals surface area contributed by atoms with Gasteiger partial charge >= 0.3 is 0 Å². The number of anilines is 1. The molecule has 0 bridgehead atoms. The number of methoxy groups -OCH3 is 1. The summed E-state index contributed by atoms with van der Waals surface area (Å²) in [6, 6.07) is 5.36. The molecule has 4 rings (SSSR count). The maximum absolute atomic E-state index is 12.7. The second-order valence-corrected chi connectivity index (χ2v) is 6.40. The van der Waals surface area contributed by atoms with Crippen molar-refractivity contribution < 1.29 is 14.3 Å². The van der Waals surface area contributed by atoms with Gasteiger partial charge in [-0.1, -0.05) is 18.1 Å². The van der Waals surface area contributed by atoms with Crippen LogP contribution < -0.4 is 14.8 Å². The van der Waals surface area contributed by atoms with Gasteiger partial charge in [-0.2, -0.15) is 4.68 Å². The van der Waals surface area contributed by atoms with Crippen LogP contribution in [0.5, 0.6) is 11.5 Å². The number of aromatic nitrogens is 4. The molecule has 1 N–H and O–H groups in total. The molecule has 8 nitrogen and oxygen atoms in total. The summed E-state index contributed by atoms with van der Waals surface area (Å²) in [6.45, 7) is 2.67. The Kier molecular flexibility index (Phi) is 4.32. The van der Waals surface area contributed by atoms with E-state index in [1.54, 1.807) is 11.8 Å². The zero-order chi connectivity index (χ0) is 18.1. The standard InChI is InChI=1S/C18H21N5O3/c1-3-9-26-14-8-7-11(10-15(14)25-2)17-16-12(5-4-6-13(16)24)19-18-20-21-22-23(17)18/h7-8,10,17H,3-6,9H2,1-2H3,(H,19,20,22). The predicted octanol–water partition coefficient (Wildman–Crippen LogP) is 2.49. The molecule has 0 saturated carbocycles. The molecule has 1 aliphatic carbocycles. The van der Waals surface area contributed by atoms with E-state index >= 15 is 0 Å². The lowest BCUT2D eigenvalue weighted by atomic mass is 9.85. The van der Waals surface area contributed by atoms with Crippen molar-refractivity contribution in [3.05, 3.63) is 35.0 Å². The van der Waals surface area contributed by atoms with Crippen molar-refractivity contribution in [3.63, 3.8) is 0 Å². The molecule has 0 amide bonds. The average molecular weight is 355 g/mol. The molecule has 1 atom stereocenters. The highest BCUT2D eigenvalue weighted by molar-refractivity contribution is 5.99. The molecular formula is C18H21N5O3. The highest BCUT2D eigenvalue weighted by atomic mass is 16.5. The van der Waals surface area contributed by atoms with Gasteiger partial charge < -0.3 is 14.8 Å². The number of benzene rings is 1. The lowest BCUT2D eigenvalue weighted by Gasteiger charge is -2.31. The van der Waals surface area contributed by atoms with E-state index in [1.165, 1.54) is 0 Å². The number of ketones is 1. The van der Waals surface area contributed by atoms with Crippen LogP contribution in [0.2, 0.25) is 0 Å². The molecule has 2 aromatic rings. The van der Waals surface area contributed by atoms with Gasteiger partial charge in [0.05, 0.1) is 13.7 Å². The SMILES string of the molecule is CCCOc1ccc(C2C3=C(CCCC3=O)Nc3nnnn32)cc1OC. The van der Waals surface area contributed by atoms with E-state index in [9.17, 15) is 4.79 Å². The van der Waals surface area contributed by atoms with Crippen LogP contribution in [0.4, 0.5) is 5.95 Å². The van der Waals surface area contributed by atoms with Gasteiger partial charge in [-0.25, -0.2) is 0 Å². The van der Waals surface area contributed by atoms with Crippen LogP contribution in [0.15, 0.2) is 29.5 Å². The van der Waals surface area contributed by atoms with Crippen LogP contribution in [-0.4, -0.2) is 39.7 Å². The summed E-state index contributed by atoms with van der Waals surface area (Å²) >= 11 is 0. The first-order chi connectivity index (χ1) is 12.7. The van der Waals surface area contributed by atoms with Crippen molar-refractivity contribution >= 4 is 11.7 Å². The van der Waals surface area contributed by atoms with Crippen LogP contribution >= 0.6 is 0 Å². The number of rotatable bonds is 5. The first kappa shape index (κ1) is 16.6. The maximum Gasteiger partial charge on any atom is 0.248 e. The lowest BCUT2D eigenvalue weighted by Crippen LogP contribution is -2.31. The lowest BCUT2D eigenvalue weighted by molar-refractivity contribution is -0.116. The minimum Gasteiger partial charge on any atom is -0.493 e. The normalized spacial score (nSPS) is 18.8. The molecule has 8 heteroatoms. The van der Waals surface area contributed by atoms with Gasteiger partial charge in [-0.05, 0) is 47.4 Å². The minimum atomic E-state index is -0.363. The fourth-order valence-corrected chi connectivity index (χ4v) is 3.51. The van der Waals surface area contributed by atoms with Gasteiger partial charge in [-0.3, -0.25) is 4.79 Å². The number of Topliss-reactive ketones (excluding diaryl/α,β-unsaturated/α-hetero) is 1. The number of nitrogens with zero attached hydrogens (tertiary/aromatic N) is 4. The summed E-state index contributed by atoms with van der Waals surface area (Å²) in [4.78, 5) is 12.7. The van der Waals surface area contributed by atoms with Crippen molar-refractivity contribution in [2.24, 2.45) is 0 Å². The number of carbonyl (C=O) groups excluding carboxylic acids is 1. The zero-order valence-corrected chi connectivity index (χ0v) is 14.9. The average Bonchev–Trinajstić information content (AvgIpc) is 3.13. The number of allylic oxidation sites excluding steroid dienone is 2. The van der Waals surface area contributed by atoms with Gasteiger partial charge in [0.2, 0.25) is 5.95 Å². The summed E-state index contributed by atoms with van der Waals surface area (Å²) in [5.74, 6) is 2.01. The molecule has 1 aromatic carbocycles. The maximum atomic E-state index is 12.7. The van der Waals surface area contributed by atoms with Crippen LogP contribution in [-0.2, 0) is 4.79 Å². The Bertz CT molecular complexity index is 873. The van der Waals surface area contributed by atoms with E-state index in [2.05, 4.69) is 27.8 Å². The molecule has 2 aliphatic rings. The second-order valence-electron chi connectivity index (χ2n) is 6.40. The van der Waals surface area contributed by atoms with Crippen molar-refractivity contribution in [3.8, 4) is 11.5 Å². The Hall–Kier alpha value is -2.90. The fourth-order valence-electron chi connectivity index (χ4n) is 3.51. The Labute approximate surface area is 151 Å². The molecule has 136 valence electrons. The Morgan fingerprint density at radius 2 is 2.19 bits per heavy atom. The molecule has 0 fully saturated rings. The summed E-state index contributed by atoms with van der Waals surface area (Å²) in [6.07, 6.45) is 3.12. The van der Waals surface area contributed by atoms with E-state index in [4.69, 9.17) is 9.47 Å². The van der Waals surface area contributed by atoms with Crippen molar-refractivity contribution in [1.82, 2.24) is 20.2 Å². The third-order valence-corrected chi connectivity index (χ3v) is 4.69. The fraction of sp³-hybridized carbons (Fsp3) is 0.444. The Morgan fingerprint density at radius 3 is 3.00 bits per heavy atom. The van der Waals surface area contributed by atoms with Crippen LogP contribution in [0.25, 0.3) is 0 Å². The van der Waals surface area contributed by atoms with Gasteiger partial charge in [-0.15, -0.1) is 0 Å². The van der Waals surface area contributed by atoms with Gasteiger partial charge in [0.15, 0.2) is 17.3 Å². The minimum absolute atomic E-state index is 0.134. The summed E-state index contributed by atoms with van der Waals surface area (Å²) in [5.41, 5.74) is 2.54. The van der Waals surface area contributed by atoms with Crippen LogP contribution in [0, 0.1) is 0 Å². The highest BCUT2D eigenvalue weighted by Crippen LogP contribution is 2.41. The molecule has 26 heavy (non-hydrogen) atoms. The molecule has 1 aromatic heterocycles. The van der Waals surface area contributed by atoms with Crippen molar-refractivity contribution in [2.75, 3.05) is 19.0 Å². The first-order valence-electron chi connectivity index (χ1n) is 8.84. The second kappa shape index (κ2) is 6.78. The molecule has 0 radical (unpaired) electrons. The third-order valence-electron chi connectivity index (χ3n) is 4.69. The number of carbonyl (C=O) groups is 1. The number of hydrogen-bond donors (Lipinski definition) is 1. The molecule has 0 spiro atoms. The van der Waals surface area contributed by atoms with Crippen molar-refractivity contribution in [1.29, 1.82) is 0 Å². The molecule has 2 heterocycles. The Balaban J connectivity index is 1.80. The number of hydrogen-bond acceptors (Lipinski definition) is 7. The number of nitrogens with one attached hydrogen (secondary N) is 1. The van der Waals surface area contributed by atoms with Gasteiger partial charge in [0, 0.05) is 17.7 Å². The van der Waals surface area contributed by atoms with Crippen LogP contribution in [0.1, 0.15) is 44.2 Å². The molecular weight excluding hydrogens is 334 g/mol. The Morgan fingerprint density at radius 1 is 1.31 bits per heavy atom. The summed E-state index contributed by atoms with van der Waals surface area (Å²) < 4.78 is 12.9. The topological polar surface area (TPSA) is 91.2 Å².